The highest BCUT2D eigenvalue weighted by Gasteiger charge is 2.04. The monoisotopic (exact) mass is 324 g/mol. The highest BCUT2D eigenvalue weighted by Crippen LogP contribution is 2.19. The summed E-state index contributed by atoms with van der Waals surface area (Å²) < 4.78 is 5.88. The summed E-state index contributed by atoms with van der Waals surface area (Å²) in [5, 5.41) is 3.00. The Morgan fingerprint density at radius 2 is 2.21 bits per heavy atom. The van der Waals surface area contributed by atoms with Gasteiger partial charge in [0.2, 0.25) is 0 Å². The molecule has 6 nitrogen and oxygen atoms in total. The molecular formula is C12H13BrN4O2. The molecule has 19 heavy (non-hydrogen) atoms. The van der Waals surface area contributed by atoms with Crippen molar-refractivity contribution in [2.75, 3.05) is 24.2 Å². The number of benzene rings is 1. The predicted octanol–water partition coefficient (Wildman–Crippen LogP) is 1.61. The van der Waals surface area contributed by atoms with E-state index in [9.17, 15) is 4.79 Å². The fourth-order valence-electron chi connectivity index (χ4n) is 1.45. The van der Waals surface area contributed by atoms with Crippen molar-refractivity contribution >= 4 is 27.4 Å². The Bertz CT molecular complexity index is 615. The standard InChI is InChI=1S/C12H13BrN4O2/c13-10-11(16-7-17-12(10)18)15-5-6-19-9-4-2-1-3-8(9)14/h1-4,7H,5-6,14H2,(H2,15,16,17,18). The third-order valence-corrected chi connectivity index (χ3v) is 3.10. The molecule has 1 aromatic carbocycles. The number of H-pyrrole nitrogens is 1. The second-order valence-corrected chi connectivity index (χ2v) is 4.50. The van der Waals surface area contributed by atoms with Gasteiger partial charge < -0.3 is 20.8 Å². The van der Waals surface area contributed by atoms with E-state index in [1.54, 1.807) is 12.1 Å². The number of aromatic amines is 1. The summed E-state index contributed by atoms with van der Waals surface area (Å²) in [6.07, 6.45) is 1.34. The number of rotatable bonds is 5. The first kappa shape index (κ1) is 13.4. The lowest BCUT2D eigenvalue weighted by Crippen LogP contribution is -2.16. The third-order valence-electron chi connectivity index (χ3n) is 2.37. The molecule has 100 valence electrons. The second kappa shape index (κ2) is 6.24. The van der Waals surface area contributed by atoms with Gasteiger partial charge >= 0.3 is 0 Å². The average molecular weight is 325 g/mol. The molecule has 0 radical (unpaired) electrons. The lowest BCUT2D eigenvalue weighted by atomic mass is 10.3. The highest BCUT2D eigenvalue weighted by molar-refractivity contribution is 9.10. The molecule has 0 amide bonds. The van der Waals surface area contributed by atoms with Crippen LogP contribution in [-0.2, 0) is 0 Å². The molecule has 0 spiro atoms. The van der Waals surface area contributed by atoms with E-state index >= 15 is 0 Å². The summed E-state index contributed by atoms with van der Waals surface area (Å²) >= 11 is 3.16. The van der Waals surface area contributed by atoms with Crippen LogP contribution in [0.4, 0.5) is 11.5 Å². The molecule has 1 heterocycles. The van der Waals surface area contributed by atoms with Crippen LogP contribution in [0.1, 0.15) is 0 Å². The number of nitrogen functional groups attached to an aromatic ring is 1. The van der Waals surface area contributed by atoms with Crippen LogP contribution in [0, 0.1) is 0 Å². The lowest BCUT2D eigenvalue weighted by molar-refractivity contribution is 0.334. The summed E-state index contributed by atoms with van der Waals surface area (Å²) in [6, 6.07) is 7.28. The Kier molecular flexibility index (Phi) is 4.40. The van der Waals surface area contributed by atoms with Crippen molar-refractivity contribution in [3.8, 4) is 5.75 Å². The smallest absolute Gasteiger partial charge is 0.267 e. The van der Waals surface area contributed by atoms with Crippen molar-refractivity contribution in [1.29, 1.82) is 0 Å². The van der Waals surface area contributed by atoms with Crippen molar-refractivity contribution in [3.63, 3.8) is 0 Å². The average Bonchev–Trinajstić information content (AvgIpc) is 2.41. The molecule has 1 aromatic heterocycles. The fraction of sp³-hybridized carbons (Fsp3) is 0.167. The first-order chi connectivity index (χ1) is 9.18. The van der Waals surface area contributed by atoms with Gasteiger partial charge in [-0.1, -0.05) is 12.1 Å². The van der Waals surface area contributed by atoms with Crippen molar-refractivity contribution in [2.24, 2.45) is 0 Å². The maximum Gasteiger partial charge on any atom is 0.267 e. The van der Waals surface area contributed by atoms with E-state index in [-0.39, 0.29) is 5.56 Å². The number of aromatic nitrogens is 2. The highest BCUT2D eigenvalue weighted by atomic mass is 79.9. The first-order valence-electron chi connectivity index (χ1n) is 5.63. The van der Waals surface area contributed by atoms with Crippen LogP contribution in [0.5, 0.6) is 5.75 Å². The number of nitrogens with one attached hydrogen (secondary N) is 2. The van der Waals surface area contributed by atoms with Gasteiger partial charge in [-0.3, -0.25) is 4.79 Å². The zero-order valence-corrected chi connectivity index (χ0v) is 11.6. The van der Waals surface area contributed by atoms with Gasteiger partial charge in [0.1, 0.15) is 22.6 Å². The number of halogens is 1. The molecule has 0 fully saturated rings. The van der Waals surface area contributed by atoms with Crippen LogP contribution < -0.4 is 21.3 Å². The quantitative estimate of drug-likeness (QED) is 0.574. The molecule has 0 unspecified atom stereocenters. The van der Waals surface area contributed by atoms with Crippen molar-refractivity contribution in [2.45, 2.75) is 0 Å². The minimum absolute atomic E-state index is 0.231. The van der Waals surface area contributed by atoms with Crippen LogP contribution >= 0.6 is 15.9 Å². The van der Waals surface area contributed by atoms with E-state index in [4.69, 9.17) is 10.5 Å². The number of nitrogens with two attached hydrogens (primary N) is 1. The molecule has 0 aliphatic rings. The molecule has 0 aliphatic carbocycles. The van der Waals surface area contributed by atoms with Crippen LogP contribution in [0.2, 0.25) is 0 Å². The van der Waals surface area contributed by atoms with Crippen molar-refractivity contribution < 1.29 is 4.74 Å². The number of hydrogen-bond acceptors (Lipinski definition) is 5. The Labute approximate surface area is 118 Å². The zero-order chi connectivity index (χ0) is 13.7. The number of para-hydroxylation sites is 2. The summed E-state index contributed by atoms with van der Waals surface area (Å²) in [5.74, 6) is 1.12. The number of nitrogens with zero attached hydrogens (tertiary/aromatic N) is 1. The Balaban J connectivity index is 1.86. The van der Waals surface area contributed by atoms with Gasteiger partial charge in [0.05, 0.1) is 18.6 Å². The van der Waals surface area contributed by atoms with E-state index in [1.165, 1.54) is 6.33 Å². The molecule has 0 saturated heterocycles. The van der Waals surface area contributed by atoms with Crippen LogP contribution in [0.3, 0.4) is 0 Å². The molecule has 4 N–H and O–H groups in total. The van der Waals surface area contributed by atoms with Gasteiger partial charge in [0.25, 0.3) is 5.56 Å². The SMILES string of the molecule is Nc1ccccc1OCCNc1nc[nH]c(=O)c1Br. The molecular weight excluding hydrogens is 312 g/mol. The van der Waals surface area contributed by atoms with E-state index in [2.05, 4.69) is 31.2 Å². The zero-order valence-electron chi connectivity index (χ0n) is 10.0. The topological polar surface area (TPSA) is 93.0 Å². The molecule has 2 rings (SSSR count). The Morgan fingerprint density at radius 3 is 3.00 bits per heavy atom. The minimum atomic E-state index is -0.231. The Hall–Kier alpha value is -2.02. The molecule has 7 heteroatoms. The summed E-state index contributed by atoms with van der Waals surface area (Å²) in [6.45, 7) is 0.915. The van der Waals surface area contributed by atoms with E-state index in [0.29, 0.717) is 34.9 Å². The molecule has 2 aromatic rings. The van der Waals surface area contributed by atoms with Gasteiger partial charge in [-0.25, -0.2) is 4.98 Å². The first-order valence-corrected chi connectivity index (χ1v) is 6.42. The molecule has 0 atom stereocenters. The fourth-order valence-corrected chi connectivity index (χ4v) is 1.81. The third kappa shape index (κ3) is 3.47. The van der Waals surface area contributed by atoms with E-state index in [1.807, 2.05) is 12.1 Å². The van der Waals surface area contributed by atoms with Crippen LogP contribution in [0.25, 0.3) is 0 Å². The van der Waals surface area contributed by atoms with Crippen molar-refractivity contribution in [3.05, 3.63) is 45.4 Å². The second-order valence-electron chi connectivity index (χ2n) is 3.71. The maximum atomic E-state index is 11.3. The van der Waals surface area contributed by atoms with E-state index < -0.39 is 0 Å². The summed E-state index contributed by atoms with van der Waals surface area (Å²) in [4.78, 5) is 17.8. The van der Waals surface area contributed by atoms with Gasteiger partial charge in [-0.2, -0.15) is 0 Å². The molecule has 0 aliphatic heterocycles. The van der Waals surface area contributed by atoms with Gasteiger partial charge in [-0.15, -0.1) is 0 Å². The lowest BCUT2D eigenvalue weighted by Gasteiger charge is -2.10. The number of anilines is 2. The Morgan fingerprint density at radius 1 is 1.42 bits per heavy atom. The van der Waals surface area contributed by atoms with Crippen LogP contribution in [0.15, 0.2) is 39.9 Å². The minimum Gasteiger partial charge on any atom is -0.490 e. The molecule has 0 saturated carbocycles. The summed E-state index contributed by atoms with van der Waals surface area (Å²) in [7, 11) is 0. The van der Waals surface area contributed by atoms with Gasteiger partial charge in [0, 0.05) is 0 Å². The largest absolute Gasteiger partial charge is 0.490 e. The molecule has 0 bridgehead atoms. The predicted molar refractivity (Wildman–Crippen MR) is 77.4 cm³/mol. The summed E-state index contributed by atoms with van der Waals surface area (Å²) in [5.41, 5.74) is 6.11. The van der Waals surface area contributed by atoms with Crippen molar-refractivity contribution in [1.82, 2.24) is 9.97 Å². The normalized spacial score (nSPS) is 10.2. The number of ether oxygens (including phenoxy) is 1. The van der Waals surface area contributed by atoms with Gasteiger partial charge in [-0.05, 0) is 28.1 Å². The number of hydrogen-bond donors (Lipinski definition) is 3. The van der Waals surface area contributed by atoms with Gasteiger partial charge in [0.15, 0.2) is 0 Å². The van der Waals surface area contributed by atoms with Crippen LogP contribution in [-0.4, -0.2) is 23.1 Å². The van der Waals surface area contributed by atoms with E-state index in [0.717, 1.165) is 0 Å². The maximum absolute atomic E-state index is 11.3.